The van der Waals surface area contributed by atoms with Gasteiger partial charge in [-0.25, -0.2) is 4.79 Å². The third-order valence-electron chi connectivity index (χ3n) is 4.29. The molecule has 1 unspecified atom stereocenters. The fourth-order valence-electron chi connectivity index (χ4n) is 3.08. The van der Waals surface area contributed by atoms with E-state index in [4.69, 9.17) is 0 Å². The SMILES string of the molecule is CC1CN(CCCn2c(=O)[nH]c3ccccc32)CCC1=O. The van der Waals surface area contributed by atoms with Crippen LogP contribution in [0.3, 0.4) is 0 Å². The van der Waals surface area contributed by atoms with Gasteiger partial charge in [-0.15, -0.1) is 0 Å². The molecule has 5 heteroatoms. The number of hydrogen-bond donors (Lipinski definition) is 1. The first-order valence-electron chi connectivity index (χ1n) is 7.58. The van der Waals surface area contributed by atoms with Crippen molar-refractivity contribution >= 4 is 16.8 Å². The van der Waals surface area contributed by atoms with Crippen molar-refractivity contribution in [1.82, 2.24) is 14.5 Å². The number of imidazole rings is 1. The number of likely N-dealkylation sites (tertiary alicyclic amines) is 1. The number of nitrogens with zero attached hydrogens (tertiary/aromatic N) is 2. The van der Waals surface area contributed by atoms with Gasteiger partial charge in [-0.2, -0.15) is 0 Å². The Balaban J connectivity index is 1.61. The number of carbonyl (C=O) groups excluding carboxylic acids is 1. The summed E-state index contributed by atoms with van der Waals surface area (Å²) in [6, 6.07) is 7.76. The summed E-state index contributed by atoms with van der Waals surface area (Å²) >= 11 is 0. The van der Waals surface area contributed by atoms with Crippen molar-refractivity contribution in [2.24, 2.45) is 5.92 Å². The number of aryl methyl sites for hydroxylation is 1. The summed E-state index contributed by atoms with van der Waals surface area (Å²) in [5.41, 5.74) is 1.81. The minimum atomic E-state index is -0.0432. The van der Waals surface area contributed by atoms with Gasteiger partial charge in [0, 0.05) is 32.0 Å². The molecule has 1 saturated heterocycles. The van der Waals surface area contributed by atoms with Crippen LogP contribution in [-0.4, -0.2) is 39.9 Å². The molecular weight excluding hydrogens is 266 g/mol. The smallest absolute Gasteiger partial charge is 0.306 e. The number of ketones is 1. The van der Waals surface area contributed by atoms with Crippen molar-refractivity contribution in [3.63, 3.8) is 0 Å². The molecule has 1 fully saturated rings. The minimum absolute atomic E-state index is 0.0432. The van der Waals surface area contributed by atoms with E-state index in [9.17, 15) is 9.59 Å². The van der Waals surface area contributed by atoms with Crippen molar-refractivity contribution < 1.29 is 4.79 Å². The first-order chi connectivity index (χ1) is 10.1. The fourth-order valence-corrected chi connectivity index (χ4v) is 3.08. The van der Waals surface area contributed by atoms with Gasteiger partial charge >= 0.3 is 5.69 Å². The van der Waals surface area contributed by atoms with E-state index < -0.39 is 0 Å². The quantitative estimate of drug-likeness (QED) is 0.930. The summed E-state index contributed by atoms with van der Waals surface area (Å²) in [5, 5.41) is 0. The van der Waals surface area contributed by atoms with Crippen molar-refractivity contribution in [1.29, 1.82) is 0 Å². The molecule has 1 aliphatic rings. The zero-order chi connectivity index (χ0) is 14.8. The molecule has 1 atom stereocenters. The number of para-hydroxylation sites is 2. The molecule has 112 valence electrons. The van der Waals surface area contributed by atoms with Gasteiger partial charge in [0.2, 0.25) is 0 Å². The normalized spacial score (nSPS) is 20.2. The fraction of sp³-hybridized carbons (Fsp3) is 0.500. The lowest BCUT2D eigenvalue weighted by Gasteiger charge is -2.29. The highest BCUT2D eigenvalue weighted by molar-refractivity contribution is 5.81. The van der Waals surface area contributed by atoms with E-state index in [-0.39, 0.29) is 11.6 Å². The first-order valence-corrected chi connectivity index (χ1v) is 7.58. The van der Waals surface area contributed by atoms with Gasteiger partial charge in [0.15, 0.2) is 0 Å². The highest BCUT2D eigenvalue weighted by atomic mass is 16.1. The van der Waals surface area contributed by atoms with E-state index in [0.717, 1.165) is 37.1 Å². The van der Waals surface area contributed by atoms with Crippen LogP contribution in [0.2, 0.25) is 0 Å². The van der Waals surface area contributed by atoms with Crippen LogP contribution in [0.5, 0.6) is 0 Å². The van der Waals surface area contributed by atoms with Crippen LogP contribution in [0, 0.1) is 5.92 Å². The van der Waals surface area contributed by atoms with Crippen LogP contribution in [0.15, 0.2) is 29.1 Å². The molecule has 1 aromatic carbocycles. The molecule has 0 bridgehead atoms. The lowest BCUT2D eigenvalue weighted by Crippen LogP contribution is -2.40. The molecule has 0 amide bonds. The Morgan fingerprint density at radius 3 is 2.86 bits per heavy atom. The highest BCUT2D eigenvalue weighted by Crippen LogP contribution is 2.13. The largest absolute Gasteiger partial charge is 0.326 e. The van der Waals surface area contributed by atoms with Crippen LogP contribution in [0.1, 0.15) is 19.8 Å². The molecule has 2 aromatic rings. The molecule has 0 radical (unpaired) electrons. The van der Waals surface area contributed by atoms with Gasteiger partial charge in [0.05, 0.1) is 11.0 Å². The van der Waals surface area contributed by atoms with Gasteiger partial charge in [-0.05, 0) is 25.1 Å². The summed E-state index contributed by atoms with van der Waals surface area (Å²) in [6.45, 7) is 5.34. The lowest BCUT2D eigenvalue weighted by molar-refractivity contribution is -0.125. The van der Waals surface area contributed by atoms with E-state index in [0.29, 0.717) is 18.7 Å². The Labute approximate surface area is 123 Å². The summed E-state index contributed by atoms with van der Waals surface area (Å²) in [5.74, 6) is 0.522. The molecule has 0 spiro atoms. The number of hydrogen-bond acceptors (Lipinski definition) is 3. The third kappa shape index (κ3) is 2.93. The first kappa shape index (κ1) is 14.1. The summed E-state index contributed by atoms with van der Waals surface area (Å²) in [7, 11) is 0. The lowest BCUT2D eigenvalue weighted by atomic mass is 9.98. The highest BCUT2D eigenvalue weighted by Gasteiger charge is 2.22. The number of fused-ring (bicyclic) bond motifs is 1. The monoisotopic (exact) mass is 287 g/mol. The number of carbonyl (C=O) groups is 1. The predicted octanol–water partition coefficient (Wildman–Crippen LogP) is 1.63. The number of benzene rings is 1. The van der Waals surface area contributed by atoms with Crippen molar-refractivity contribution in [3.05, 3.63) is 34.7 Å². The van der Waals surface area contributed by atoms with Crippen LogP contribution in [0.25, 0.3) is 11.0 Å². The van der Waals surface area contributed by atoms with E-state index >= 15 is 0 Å². The molecule has 0 saturated carbocycles. The van der Waals surface area contributed by atoms with Crippen LogP contribution >= 0.6 is 0 Å². The zero-order valence-electron chi connectivity index (χ0n) is 12.3. The Morgan fingerprint density at radius 2 is 2.05 bits per heavy atom. The number of Topliss-reactive ketones (excluding diaryl/α,β-unsaturated/α-hetero) is 1. The molecule has 1 aliphatic heterocycles. The second-order valence-corrected chi connectivity index (χ2v) is 5.87. The van der Waals surface area contributed by atoms with Crippen molar-refractivity contribution in [2.75, 3.05) is 19.6 Å². The molecule has 1 N–H and O–H groups in total. The van der Waals surface area contributed by atoms with E-state index in [1.807, 2.05) is 31.2 Å². The van der Waals surface area contributed by atoms with Gasteiger partial charge in [0.1, 0.15) is 5.78 Å². The average Bonchev–Trinajstić information content (AvgIpc) is 2.79. The number of aromatic nitrogens is 2. The van der Waals surface area contributed by atoms with Gasteiger partial charge in [0.25, 0.3) is 0 Å². The van der Waals surface area contributed by atoms with E-state index in [1.165, 1.54) is 0 Å². The number of H-pyrrole nitrogens is 1. The van der Waals surface area contributed by atoms with Gasteiger partial charge in [-0.1, -0.05) is 19.1 Å². The summed E-state index contributed by atoms with van der Waals surface area (Å²) in [6.07, 6.45) is 1.58. The second kappa shape index (κ2) is 5.85. The van der Waals surface area contributed by atoms with Crippen molar-refractivity contribution in [2.45, 2.75) is 26.3 Å². The van der Waals surface area contributed by atoms with Gasteiger partial charge < -0.3 is 9.88 Å². The number of piperidine rings is 1. The van der Waals surface area contributed by atoms with Crippen LogP contribution in [-0.2, 0) is 11.3 Å². The second-order valence-electron chi connectivity index (χ2n) is 5.87. The zero-order valence-corrected chi connectivity index (χ0v) is 12.3. The molecule has 3 rings (SSSR count). The molecule has 0 aliphatic carbocycles. The van der Waals surface area contributed by atoms with Crippen molar-refractivity contribution in [3.8, 4) is 0 Å². The Kier molecular flexibility index (Phi) is 3.92. The van der Waals surface area contributed by atoms with Crippen LogP contribution < -0.4 is 5.69 Å². The number of rotatable bonds is 4. The number of nitrogens with one attached hydrogen (secondary N) is 1. The molecule has 21 heavy (non-hydrogen) atoms. The van der Waals surface area contributed by atoms with Crippen LogP contribution in [0.4, 0.5) is 0 Å². The predicted molar refractivity (Wildman–Crippen MR) is 82.4 cm³/mol. The average molecular weight is 287 g/mol. The summed E-state index contributed by atoms with van der Waals surface area (Å²) < 4.78 is 1.80. The molecule has 2 heterocycles. The molecule has 1 aromatic heterocycles. The minimum Gasteiger partial charge on any atom is -0.306 e. The Bertz CT molecular complexity index is 701. The third-order valence-corrected chi connectivity index (χ3v) is 4.29. The summed E-state index contributed by atoms with van der Waals surface area (Å²) in [4.78, 5) is 28.7. The van der Waals surface area contributed by atoms with E-state index in [1.54, 1.807) is 4.57 Å². The molecular formula is C16H21N3O2. The standard InChI is InChI=1S/C16H21N3O2/c1-12-11-18(10-7-15(12)20)8-4-9-19-14-6-3-2-5-13(14)17-16(19)21/h2-3,5-6,12H,4,7-11H2,1H3,(H,17,21). The Morgan fingerprint density at radius 1 is 1.24 bits per heavy atom. The maximum Gasteiger partial charge on any atom is 0.326 e. The number of aromatic amines is 1. The Hall–Kier alpha value is -1.88. The maximum absolute atomic E-state index is 12.0. The topological polar surface area (TPSA) is 58.1 Å². The van der Waals surface area contributed by atoms with Gasteiger partial charge in [-0.3, -0.25) is 9.36 Å². The molecule has 5 nitrogen and oxygen atoms in total. The maximum atomic E-state index is 12.0. The van der Waals surface area contributed by atoms with E-state index in [2.05, 4.69) is 9.88 Å².